The summed E-state index contributed by atoms with van der Waals surface area (Å²) in [7, 11) is 3.77. The standard InChI is InChI=1S/C12H22N2OS/c1-12(2,3)11(15-5)10(13-4)6-9-7-14-8-16-9/h7-8,10-11,13H,6H2,1-5H3. The second-order valence-corrected chi connectivity index (χ2v) is 6.06. The first-order valence-corrected chi connectivity index (χ1v) is 6.44. The molecule has 16 heavy (non-hydrogen) atoms. The molecule has 0 aliphatic carbocycles. The fourth-order valence-corrected chi connectivity index (χ4v) is 2.70. The van der Waals surface area contributed by atoms with Gasteiger partial charge in [0.1, 0.15) is 0 Å². The van der Waals surface area contributed by atoms with Crippen LogP contribution in [0.3, 0.4) is 0 Å². The maximum Gasteiger partial charge on any atom is 0.0794 e. The van der Waals surface area contributed by atoms with Gasteiger partial charge in [-0.05, 0) is 12.5 Å². The largest absolute Gasteiger partial charge is 0.379 e. The van der Waals surface area contributed by atoms with Crippen molar-refractivity contribution in [1.82, 2.24) is 10.3 Å². The van der Waals surface area contributed by atoms with E-state index < -0.39 is 0 Å². The van der Waals surface area contributed by atoms with E-state index in [1.54, 1.807) is 18.4 Å². The molecule has 1 aromatic heterocycles. The Hall–Kier alpha value is -0.450. The number of likely N-dealkylation sites (N-methyl/N-ethyl adjacent to an activating group) is 1. The van der Waals surface area contributed by atoms with E-state index in [9.17, 15) is 0 Å². The lowest BCUT2D eigenvalue weighted by Crippen LogP contribution is -2.47. The molecule has 2 unspecified atom stereocenters. The summed E-state index contributed by atoms with van der Waals surface area (Å²) in [5.41, 5.74) is 2.01. The Morgan fingerprint density at radius 2 is 2.19 bits per heavy atom. The molecule has 1 heterocycles. The Bertz CT molecular complexity index is 292. The van der Waals surface area contributed by atoms with Crippen LogP contribution in [0.25, 0.3) is 0 Å². The summed E-state index contributed by atoms with van der Waals surface area (Å²) in [5.74, 6) is 0. The highest BCUT2D eigenvalue weighted by Crippen LogP contribution is 2.26. The van der Waals surface area contributed by atoms with Crippen LogP contribution in [0.1, 0.15) is 25.6 Å². The van der Waals surface area contributed by atoms with E-state index in [4.69, 9.17) is 4.74 Å². The van der Waals surface area contributed by atoms with Gasteiger partial charge < -0.3 is 10.1 Å². The molecule has 0 spiro atoms. The van der Waals surface area contributed by atoms with Crippen molar-refractivity contribution in [2.45, 2.75) is 39.3 Å². The van der Waals surface area contributed by atoms with Crippen LogP contribution in [-0.2, 0) is 11.2 Å². The molecule has 0 saturated carbocycles. The van der Waals surface area contributed by atoms with Crippen LogP contribution in [0.4, 0.5) is 0 Å². The summed E-state index contributed by atoms with van der Waals surface area (Å²) in [6, 6.07) is 0.324. The molecule has 0 fully saturated rings. The average molecular weight is 242 g/mol. The molecule has 2 atom stereocenters. The third kappa shape index (κ3) is 3.54. The molecule has 4 heteroatoms. The highest BCUT2D eigenvalue weighted by Gasteiger charge is 2.31. The van der Waals surface area contributed by atoms with Gasteiger partial charge in [-0.2, -0.15) is 0 Å². The van der Waals surface area contributed by atoms with Gasteiger partial charge in [-0.3, -0.25) is 4.98 Å². The van der Waals surface area contributed by atoms with Crippen LogP contribution in [0.5, 0.6) is 0 Å². The lowest BCUT2D eigenvalue weighted by Gasteiger charge is -2.35. The van der Waals surface area contributed by atoms with Gasteiger partial charge in [0.15, 0.2) is 0 Å². The molecule has 0 bridgehead atoms. The van der Waals surface area contributed by atoms with Gasteiger partial charge in [-0.1, -0.05) is 20.8 Å². The monoisotopic (exact) mass is 242 g/mol. The van der Waals surface area contributed by atoms with Gasteiger partial charge >= 0.3 is 0 Å². The van der Waals surface area contributed by atoms with Crippen LogP contribution in [0.15, 0.2) is 11.7 Å². The van der Waals surface area contributed by atoms with Crippen LogP contribution in [0, 0.1) is 5.41 Å². The lowest BCUT2D eigenvalue weighted by atomic mass is 9.83. The van der Waals surface area contributed by atoms with Gasteiger partial charge in [0.2, 0.25) is 0 Å². The lowest BCUT2D eigenvalue weighted by molar-refractivity contribution is -0.00904. The molecular formula is C12H22N2OS. The van der Waals surface area contributed by atoms with E-state index in [1.807, 2.05) is 18.8 Å². The number of hydrogen-bond donors (Lipinski definition) is 1. The molecule has 1 aromatic rings. The Morgan fingerprint density at radius 1 is 1.50 bits per heavy atom. The number of methoxy groups -OCH3 is 1. The molecule has 0 aliphatic heterocycles. The Balaban J connectivity index is 2.72. The predicted octanol–water partition coefficient (Wildman–Crippen LogP) is 2.33. The minimum atomic E-state index is 0.132. The highest BCUT2D eigenvalue weighted by molar-refractivity contribution is 7.09. The Labute approximate surface area is 102 Å². The van der Waals surface area contributed by atoms with Crippen molar-refractivity contribution in [2.75, 3.05) is 14.2 Å². The summed E-state index contributed by atoms with van der Waals surface area (Å²) >= 11 is 1.70. The fraction of sp³-hybridized carbons (Fsp3) is 0.750. The summed E-state index contributed by atoms with van der Waals surface area (Å²) < 4.78 is 5.64. The SMILES string of the molecule is CNC(Cc1cncs1)C(OC)C(C)(C)C. The van der Waals surface area contributed by atoms with Gasteiger partial charge in [-0.15, -0.1) is 11.3 Å². The zero-order valence-corrected chi connectivity index (χ0v) is 11.6. The number of ether oxygens (including phenoxy) is 1. The van der Waals surface area contributed by atoms with Crippen molar-refractivity contribution in [3.05, 3.63) is 16.6 Å². The number of thiazole rings is 1. The maximum absolute atomic E-state index is 5.64. The van der Waals surface area contributed by atoms with Crippen molar-refractivity contribution < 1.29 is 4.74 Å². The van der Waals surface area contributed by atoms with E-state index in [2.05, 4.69) is 31.1 Å². The quantitative estimate of drug-likeness (QED) is 0.860. The molecule has 1 N–H and O–H groups in total. The normalized spacial score (nSPS) is 16.1. The highest BCUT2D eigenvalue weighted by atomic mass is 32.1. The molecule has 0 saturated heterocycles. The van der Waals surface area contributed by atoms with E-state index in [-0.39, 0.29) is 11.5 Å². The van der Waals surface area contributed by atoms with Gasteiger partial charge in [-0.25, -0.2) is 0 Å². The summed E-state index contributed by atoms with van der Waals surface area (Å²) in [6.07, 6.45) is 3.10. The molecule has 0 amide bonds. The van der Waals surface area contributed by atoms with Crippen molar-refractivity contribution in [1.29, 1.82) is 0 Å². The minimum absolute atomic E-state index is 0.132. The minimum Gasteiger partial charge on any atom is -0.379 e. The predicted molar refractivity (Wildman–Crippen MR) is 68.9 cm³/mol. The molecule has 92 valence electrons. The number of aromatic nitrogens is 1. The van der Waals surface area contributed by atoms with Gasteiger partial charge in [0, 0.05) is 30.6 Å². The fourth-order valence-electron chi connectivity index (χ4n) is 2.04. The summed E-state index contributed by atoms with van der Waals surface area (Å²) in [4.78, 5) is 5.40. The Kier molecular flexibility index (Phi) is 4.89. The van der Waals surface area contributed by atoms with Crippen molar-refractivity contribution in [2.24, 2.45) is 5.41 Å². The summed E-state index contributed by atoms with van der Waals surface area (Å²) in [6.45, 7) is 6.62. The van der Waals surface area contributed by atoms with Crippen LogP contribution >= 0.6 is 11.3 Å². The number of rotatable bonds is 5. The van der Waals surface area contributed by atoms with Gasteiger partial charge in [0.05, 0.1) is 11.6 Å². The number of nitrogens with zero attached hydrogens (tertiary/aromatic N) is 1. The second kappa shape index (κ2) is 5.75. The van der Waals surface area contributed by atoms with E-state index in [1.165, 1.54) is 4.88 Å². The average Bonchev–Trinajstić information content (AvgIpc) is 2.67. The van der Waals surface area contributed by atoms with Gasteiger partial charge in [0.25, 0.3) is 0 Å². The topological polar surface area (TPSA) is 34.2 Å². The first-order valence-electron chi connectivity index (χ1n) is 5.56. The van der Waals surface area contributed by atoms with Crippen LogP contribution in [0.2, 0.25) is 0 Å². The van der Waals surface area contributed by atoms with Crippen LogP contribution < -0.4 is 5.32 Å². The van der Waals surface area contributed by atoms with Crippen molar-refractivity contribution in [3.8, 4) is 0 Å². The molecule has 3 nitrogen and oxygen atoms in total. The molecular weight excluding hydrogens is 220 g/mol. The molecule has 0 aromatic carbocycles. The molecule has 1 rings (SSSR count). The molecule has 0 aliphatic rings. The third-order valence-corrected chi connectivity index (χ3v) is 3.55. The van der Waals surface area contributed by atoms with Crippen molar-refractivity contribution >= 4 is 11.3 Å². The summed E-state index contributed by atoms with van der Waals surface area (Å²) in [5, 5.41) is 3.35. The zero-order chi connectivity index (χ0) is 12.2. The maximum atomic E-state index is 5.64. The first-order chi connectivity index (χ1) is 7.49. The third-order valence-electron chi connectivity index (χ3n) is 2.75. The second-order valence-electron chi connectivity index (χ2n) is 5.09. The van der Waals surface area contributed by atoms with E-state index >= 15 is 0 Å². The first kappa shape index (κ1) is 13.6. The zero-order valence-electron chi connectivity index (χ0n) is 10.8. The number of nitrogens with one attached hydrogen (secondary N) is 1. The molecule has 0 radical (unpaired) electrons. The van der Waals surface area contributed by atoms with E-state index in [0.717, 1.165) is 6.42 Å². The number of hydrogen-bond acceptors (Lipinski definition) is 4. The Morgan fingerprint density at radius 3 is 2.56 bits per heavy atom. The van der Waals surface area contributed by atoms with Crippen LogP contribution in [-0.4, -0.2) is 31.3 Å². The smallest absolute Gasteiger partial charge is 0.0794 e. The van der Waals surface area contributed by atoms with Crippen molar-refractivity contribution in [3.63, 3.8) is 0 Å². The van der Waals surface area contributed by atoms with E-state index in [0.29, 0.717) is 6.04 Å².